The van der Waals surface area contributed by atoms with E-state index < -0.39 is 0 Å². The molecule has 1 aromatic rings. The molecule has 1 saturated carbocycles. The summed E-state index contributed by atoms with van der Waals surface area (Å²) < 4.78 is 38.4. The summed E-state index contributed by atoms with van der Waals surface area (Å²) in [5, 5.41) is 8.55. The molecule has 8 heteroatoms. The molecule has 0 radical (unpaired) electrons. The molecule has 31 heavy (non-hydrogen) atoms. The van der Waals surface area contributed by atoms with Gasteiger partial charge in [-0.05, 0) is 49.9 Å². The summed E-state index contributed by atoms with van der Waals surface area (Å²) in [5.41, 5.74) is 0. The van der Waals surface area contributed by atoms with Crippen molar-refractivity contribution in [2.45, 2.75) is 31.8 Å². The Hall–Kier alpha value is -1.42. The minimum atomic E-state index is 0.0345. The first-order valence-corrected chi connectivity index (χ1v) is 11.3. The zero-order valence-electron chi connectivity index (χ0n) is 18.5. The van der Waals surface area contributed by atoms with Crippen LogP contribution in [0.15, 0.2) is 24.3 Å². The minimum absolute atomic E-state index is 0.0345. The first-order chi connectivity index (χ1) is 15.4. The van der Waals surface area contributed by atoms with Gasteiger partial charge in [-0.25, -0.2) is 0 Å². The number of ether oxygens (including phenoxy) is 7. The van der Waals surface area contributed by atoms with Crippen LogP contribution in [0, 0.1) is 0 Å². The summed E-state index contributed by atoms with van der Waals surface area (Å²) in [5.74, 6) is 1.73. The zero-order chi connectivity index (χ0) is 21.8. The highest BCUT2D eigenvalue weighted by Crippen LogP contribution is 2.25. The minimum Gasteiger partial charge on any atom is -0.491 e. The quantitative estimate of drug-likeness (QED) is 0.308. The second kappa shape index (κ2) is 18.2. The number of hydrogen-bond acceptors (Lipinski definition) is 8. The van der Waals surface area contributed by atoms with Gasteiger partial charge in [0.2, 0.25) is 0 Å². The fourth-order valence-corrected chi connectivity index (χ4v) is 3.08. The van der Waals surface area contributed by atoms with Crippen LogP contribution in [0.3, 0.4) is 0 Å². The highest BCUT2D eigenvalue weighted by Gasteiger charge is 2.16. The Morgan fingerprint density at radius 2 is 1.00 bits per heavy atom. The van der Waals surface area contributed by atoms with Crippen LogP contribution < -0.4 is 9.47 Å². The lowest BCUT2D eigenvalue weighted by atomic mass is 10.3. The first kappa shape index (κ1) is 25.8. The van der Waals surface area contributed by atoms with Gasteiger partial charge in [0.15, 0.2) is 0 Å². The van der Waals surface area contributed by atoms with Gasteiger partial charge in [-0.2, -0.15) is 0 Å². The number of aliphatic hydroxyl groups is 1. The molecule has 1 aromatic carbocycles. The maximum absolute atomic E-state index is 8.55. The van der Waals surface area contributed by atoms with Gasteiger partial charge in [-0.3, -0.25) is 0 Å². The van der Waals surface area contributed by atoms with E-state index in [1.165, 1.54) is 12.8 Å². The van der Waals surface area contributed by atoms with E-state index in [2.05, 4.69) is 0 Å². The van der Waals surface area contributed by atoms with Crippen LogP contribution in [0.25, 0.3) is 0 Å². The molecule has 0 bridgehead atoms. The van der Waals surface area contributed by atoms with Crippen LogP contribution in [-0.4, -0.2) is 90.5 Å². The van der Waals surface area contributed by atoms with Crippen LogP contribution in [0.4, 0.5) is 0 Å². The maximum Gasteiger partial charge on any atom is 0.119 e. The number of rotatable bonds is 20. The third kappa shape index (κ3) is 13.6. The van der Waals surface area contributed by atoms with Crippen molar-refractivity contribution in [3.8, 4) is 11.5 Å². The average molecular weight is 443 g/mol. The Morgan fingerprint density at radius 3 is 1.48 bits per heavy atom. The van der Waals surface area contributed by atoms with Crippen LogP contribution in [0.1, 0.15) is 25.7 Å². The van der Waals surface area contributed by atoms with Crippen molar-refractivity contribution in [1.82, 2.24) is 0 Å². The van der Waals surface area contributed by atoms with Gasteiger partial charge >= 0.3 is 0 Å². The molecule has 0 aliphatic heterocycles. The predicted molar refractivity (Wildman–Crippen MR) is 116 cm³/mol. The standard InChI is InChI=1S/C23H38O8/c24-9-10-25-11-12-26-13-14-27-15-16-28-17-18-29-19-20-30-21-5-7-23(8-6-21)31-22-3-1-2-4-22/h5-8,22,24H,1-4,9-20H2. The summed E-state index contributed by atoms with van der Waals surface area (Å²) in [4.78, 5) is 0. The van der Waals surface area contributed by atoms with Gasteiger partial charge in [-0.1, -0.05) is 0 Å². The van der Waals surface area contributed by atoms with Crippen molar-refractivity contribution in [2.24, 2.45) is 0 Å². The summed E-state index contributed by atoms with van der Waals surface area (Å²) in [7, 11) is 0. The summed E-state index contributed by atoms with van der Waals surface area (Å²) >= 11 is 0. The van der Waals surface area contributed by atoms with E-state index in [0.717, 1.165) is 24.3 Å². The normalized spacial score (nSPS) is 14.2. The van der Waals surface area contributed by atoms with Gasteiger partial charge < -0.3 is 38.3 Å². The topological polar surface area (TPSA) is 84.8 Å². The summed E-state index contributed by atoms with van der Waals surface area (Å²) in [6.45, 7) is 5.50. The molecule has 1 N–H and O–H groups in total. The molecule has 0 spiro atoms. The number of hydrogen-bond donors (Lipinski definition) is 1. The van der Waals surface area contributed by atoms with Gasteiger partial charge in [0, 0.05) is 0 Å². The molecule has 1 aliphatic carbocycles. The molecule has 2 rings (SSSR count). The molecule has 8 nitrogen and oxygen atoms in total. The van der Waals surface area contributed by atoms with Crippen LogP contribution >= 0.6 is 0 Å². The summed E-state index contributed by atoms with van der Waals surface area (Å²) in [6, 6.07) is 7.79. The van der Waals surface area contributed by atoms with E-state index in [1.54, 1.807) is 0 Å². The molecule has 0 atom stereocenters. The monoisotopic (exact) mass is 442 g/mol. The Kier molecular flexibility index (Phi) is 15.2. The fraction of sp³-hybridized carbons (Fsp3) is 0.739. The van der Waals surface area contributed by atoms with E-state index >= 15 is 0 Å². The third-order valence-corrected chi connectivity index (χ3v) is 4.65. The lowest BCUT2D eigenvalue weighted by Gasteiger charge is -2.13. The molecule has 178 valence electrons. The lowest BCUT2D eigenvalue weighted by Crippen LogP contribution is -2.14. The SMILES string of the molecule is OCCOCCOCCOCCOCCOCCOc1ccc(OC2CCCC2)cc1. The van der Waals surface area contributed by atoms with E-state index in [9.17, 15) is 0 Å². The summed E-state index contributed by atoms with van der Waals surface area (Å²) in [6.07, 6.45) is 5.22. The highest BCUT2D eigenvalue weighted by molar-refractivity contribution is 5.31. The zero-order valence-corrected chi connectivity index (χ0v) is 18.5. The molecule has 1 fully saturated rings. The largest absolute Gasteiger partial charge is 0.491 e. The molecular formula is C23H38O8. The van der Waals surface area contributed by atoms with Gasteiger partial charge in [-0.15, -0.1) is 0 Å². The lowest BCUT2D eigenvalue weighted by molar-refractivity contribution is -0.0146. The molecule has 1 aliphatic rings. The molecule has 0 aromatic heterocycles. The Morgan fingerprint density at radius 1 is 0.581 bits per heavy atom. The third-order valence-electron chi connectivity index (χ3n) is 4.65. The molecule has 0 unspecified atom stereocenters. The van der Waals surface area contributed by atoms with E-state index in [1.807, 2.05) is 24.3 Å². The predicted octanol–water partition coefficient (Wildman–Crippen LogP) is 2.46. The van der Waals surface area contributed by atoms with Gasteiger partial charge in [0.05, 0.1) is 78.8 Å². The molecule has 0 saturated heterocycles. The Balaban J connectivity index is 1.31. The maximum atomic E-state index is 8.55. The van der Waals surface area contributed by atoms with Crippen LogP contribution in [0.5, 0.6) is 11.5 Å². The van der Waals surface area contributed by atoms with Crippen LogP contribution in [0.2, 0.25) is 0 Å². The van der Waals surface area contributed by atoms with Gasteiger partial charge in [0.25, 0.3) is 0 Å². The van der Waals surface area contributed by atoms with E-state index in [0.29, 0.717) is 78.8 Å². The van der Waals surface area contributed by atoms with Crippen molar-refractivity contribution < 1.29 is 38.3 Å². The van der Waals surface area contributed by atoms with Crippen LogP contribution in [-0.2, 0) is 23.7 Å². The van der Waals surface area contributed by atoms with E-state index in [4.69, 9.17) is 38.3 Å². The second-order valence-electron chi connectivity index (χ2n) is 7.13. The van der Waals surface area contributed by atoms with Gasteiger partial charge in [0.1, 0.15) is 18.1 Å². The fourth-order valence-electron chi connectivity index (χ4n) is 3.08. The average Bonchev–Trinajstić information content (AvgIpc) is 3.30. The first-order valence-electron chi connectivity index (χ1n) is 11.3. The second-order valence-corrected chi connectivity index (χ2v) is 7.13. The Bertz CT molecular complexity index is 519. The van der Waals surface area contributed by atoms with Crippen molar-refractivity contribution in [3.63, 3.8) is 0 Å². The number of aliphatic hydroxyl groups excluding tert-OH is 1. The van der Waals surface area contributed by atoms with E-state index in [-0.39, 0.29) is 6.61 Å². The smallest absolute Gasteiger partial charge is 0.119 e. The molecular weight excluding hydrogens is 404 g/mol. The van der Waals surface area contributed by atoms with Crippen molar-refractivity contribution in [2.75, 3.05) is 79.3 Å². The van der Waals surface area contributed by atoms with Crippen molar-refractivity contribution in [3.05, 3.63) is 24.3 Å². The number of benzene rings is 1. The molecule has 0 amide bonds. The highest BCUT2D eigenvalue weighted by atomic mass is 16.6. The Labute approximate surface area is 185 Å². The van der Waals surface area contributed by atoms with Crippen molar-refractivity contribution >= 4 is 0 Å². The van der Waals surface area contributed by atoms with Crippen molar-refractivity contribution in [1.29, 1.82) is 0 Å². The molecule has 0 heterocycles.